The van der Waals surface area contributed by atoms with Crippen LogP contribution in [-0.4, -0.2) is 73.6 Å². The molecular weight excluding hydrogens is 500 g/mol. The number of halogens is 6. The fourth-order valence-corrected chi connectivity index (χ4v) is 5.98. The van der Waals surface area contributed by atoms with Crippen molar-refractivity contribution in [2.45, 2.75) is 71.0 Å². The highest BCUT2D eigenvalue weighted by Crippen LogP contribution is 2.42. The van der Waals surface area contributed by atoms with Crippen LogP contribution in [0.1, 0.15) is 50.2 Å². The van der Waals surface area contributed by atoms with E-state index < -0.39 is 24.5 Å². The van der Waals surface area contributed by atoms with Gasteiger partial charge in [-0.2, -0.15) is 26.3 Å². The molecule has 1 aromatic rings. The van der Waals surface area contributed by atoms with Gasteiger partial charge in [0.05, 0.1) is 0 Å². The standard InChI is InChI=1S/C26H35F6N3O2/c1-18-5-6-20(21(14-18)35-10-3-4-19(2)15-35)16-33-11-7-24(17-33)8-12-34(13-9-24)23(36)37-22(25(27,28)29)26(30,31)32/h5-6,14,19,22H,3-4,7-13,15-17H2,1-2H3. The van der Waals surface area contributed by atoms with Gasteiger partial charge in [-0.3, -0.25) is 4.90 Å². The Kier molecular flexibility index (Phi) is 7.93. The molecule has 0 bridgehead atoms. The first-order chi connectivity index (χ1) is 17.3. The Morgan fingerprint density at radius 3 is 2.32 bits per heavy atom. The molecule has 11 heteroatoms. The second-order valence-corrected chi connectivity index (χ2v) is 11.1. The number of nitrogens with zero attached hydrogens (tertiary/aromatic N) is 3. The molecular formula is C26H35F6N3O2. The Morgan fingerprint density at radius 2 is 1.70 bits per heavy atom. The lowest BCUT2D eigenvalue weighted by Gasteiger charge is -2.39. The molecule has 1 unspecified atom stereocenters. The Hall–Kier alpha value is -2.17. The van der Waals surface area contributed by atoms with E-state index in [4.69, 9.17) is 0 Å². The summed E-state index contributed by atoms with van der Waals surface area (Å²) in [6, 6.07) is 6.56. The van der Waals surface area contributed by atoms with Crippen molar-refractivity contribution in [2.75, 3.05) is 44.2 Å². The van der Waals surface area contributed by atoms with Crippen LogP contribution in [0.4, 0.5) is 36.8 Å². The fraction of sp³-hybridized carbons (Fsp3) is 0.731. The average molecular weight is 536 g/mol. The highest BCUT2D eigenvalue weighted by atomic mass is 19.4. The van der Waals surface area contributed by atoms with Crippen LogP contribution in [-0.2, 0) is 11.3 Å². The molecule has 1 aromatic carbocycles. The van der Waals surface area contributed by atoms with Crippen LogP contribution >= 0.6 is 0 Å². The SMILES string of the molecule is Cc1ccc(CN2CCC3(CCN(C(=O)OC(C(F)(F)F)C(F)(F)F)CC3)C2)c(N2CCCC(C)C2)c1. The molecule has 3 heterocycles. The van der Waals surface area contributed by atoms with Gasteiger partial charge in [0, 0.05) is 45.0 Å². The molecule has 3 saturated heterocycles. The number of rotatable bonds is 4. The van der Waals surface area contributed by atoms with Gasteiger partial charge in [0.2, 0.25) is 0 Å². The normalized spacial score (nSPS) is 23.2. The Morgan fingerprint density at radius 1 is 1.05 bits per heavy atom. The Bertz CT molecular complexity index is 945. The molecule has 1 atom stereocenters. The summed E-state index contributed by atoms with van der Waals surface area (Å²) >= 11 is 0. The smallest absolute Gasteiger partial charge is 0.426 e. The van der Waals surface area contributed by atoms with Crippen molar-refractivity contribution in [1.29, 1.82) is 0 Å². The van der Waals surface area contributed by atoms with Gasteiger partial charge < -0.3 is 14.5 Å². The lowest BCUT2D eigenvalue weighted by molar-refractivity contribution is -0.308. The molecule has 0 saturated carbocycles. The molecule has 1 amide bonds. The van der Waals surface area contributed by atoms with Crippen LogP contribution in [0.2, 0.25) is 0 Å². The molecule has 208 valence electrons. The fourth-order valence-electron chi connectivity index (χ4n) is 5.98. The van der Waals surface area contributed by atoms with Crippen LogP contribution in [0.3, 0.4) is 0 Å². The minimum atomic E-state index is -5.71. The third kappa shape index (κ3) is 6.64. The quantitative estimate of drug-likeness (QED) is 0.434. The molecule has 0 radical (unpaired) electrons. The van der Waals surface area contributed by atoms with E-state index in [1.54, 1.807) is 0 Å². The maximum atomic E-state index is 12.8. The number of aryl methyl sites for hydroxylation is 1. The number of amides is 1. The molecule has 0 aliphatic carbocycles. The van der Waals surface area contributed by atoms with E-state index in [1.165, 1.54) is 29.7 Å². The summed E-state index contributed by atoms with van der Waals surface area (Å²) < 4.78 is 80.5. The van der Waals surface area contributed by atoms with E-state index in [1.807, 2.05) is 0 Å². The van der Waals surface area contributed by atoms with Crippen molar-refractivity contribution in [3.05, 3.63) is 29.3 Å². The second kappa shape index (κ2) is 10.5. The van der Waals surface area contributed by atoms with Gasteiger partial charge in [-0.15, -0.1) is 0 Å². The van der Waals surface area contributed by atoms with Crippen LogP contribution in [0.15, 0.2) is 18.2 Å². The zero-order valence-electron chi connectivity index (χ0n) is 21.3. The van der Waals surface area contributed by atoms with Gasteiger partial charge in [-0.05, 0) is 74.1 Å². The van der Waals surface area contributed by atoms with Crippen LogP contribution in [0.25, 0.3) is 0 Å². The second-order valence-electron chi connectivity index (χ2n) is 11.1. The monoisotopic (exact) mass is 535 g/mol. The zero-order chi connectivity index (χ0) is 27.0. The predicted molar refractivity (Wildman–Crippen MR) is 127 cm³/mol. The van der Waals surface area contributed by atoms with Crippen molar-refractivity contribution in [2.24, 2.45) is 11.3 Å². The topological polar surface area (TPSA) is 36.0 Å². The molecule has 0 aromatic heterocycles. The van der Waals surface area contributed by atoms with Crippen LogP contribution in [0.5, 0.6) is 0 Å². The number of carbonyl (C=O) groups is 1. The molecule has 3 aliphatic heterocycles. The number of hydrogen-bond acceptors (Lipinski definition) is 4. The van der Waals surface area contributed by atoms with E-state index in [-0.39, 0.29) is 18.5 Å². The van der Waals surface area contributed by atoms with Crippen LogP contribution in [0, 0.1) is 18.3 Å². The molecule has 0 N–H and O–H groups in total. The maximum Gasteiger partial charge on any atom is 0.434 e. The average Bonchev–Trinajstić information content (AvgIpc) is 3.19. The molecule has 3 fully saturated rings. The molecule has 1 spiro atoms. The van der Waals surface area contributed by atoms with Crippen molar-refractivity contribution in [3.63, 3.8) is 0 Å². The van der Waals surface area contributed by atoms with Gasteiger partial charge >= 0.3 is 18.4 Å². The molecule has 5 nitrogen and oxygen atoms in total. The van der Waals surface area contributed by atoms with Gasteiger partial charge in [-0.1, -0.05) is 19.1 Å². The Labute approximate surface area is 213 Å². The number of carbonyl (C=O) groups excluding carboxylic acids is 1. The number of ether oxygens (including phenoxy) is 1. The number of likely N-dealkylation sites (tertiary alicyclic amines) is 2. The van der Waals surface area contributed by atoms with E-state index in [0.29, 0.717) is 18.8 Å². The van der Waals surface area contributed by atoms with Gasteiger partial charge in [0.15, 0.2) is 0 Å². The third-order valence-electron chi connectivity index (χ3n) is 8.05. The minimum Gasteiger partial charge on any atom is -0.426 e. The van der Waals surface area contributed by atoms with E-state index >= 15 is 0 Å². The molecule has 37 heavy (non-hydrogen) atoms. The largest absolute Gasteiger partial charge is 0.434 e. The summed E-state index contributed by atoms with van der Waals surface area (Å²) in [5.41, 5.74) is 3.65. The summed E-state index contributed by atoms with van der Waals surface area (Å²) in [6.45, 7) is 9.04. The highest BCUT2D eigenvalue weighted by Gasteiger charge is 2.60. The first-order valence-electron chi connectivity index (χ1n) is 12.9. The van der Waals surface area contributed by atoms with Gasteiger partial charge in [-0.25, -0.2) is 4.79 Å². The molecule has 4 rings (SSSR count). The van der Waals surface area contributed by atoms with Crippen molar-refractivity contribution in [3.8, 4) is 0 Å². The number of piperidine rings is 2. The summed E-state index contributed by atoms with van der Waals surface area (Å²) in [6.07, 6.45) is -12.8. The summed E-state index contributed by atoms with van der Waals surface area (Å²) in [7, 11) is 0. The van der Waals surface area contributed by atoms with E-state index in [2.05, 4.69) is 46.6 Å². The van der Waals surface area contributed by atoms with Crippen molar-refractivity contribution < 1.29 is 35.9 Å². The summed E-state index contributed by atoms with van der Waals surface area (Å²) in [5.74, 6) is 0.650. The first-order valence-corrected chi connectivity index (χ1v) is 12.9. The third-order valence-corrected chi connectivity index (χ3v) is 8.05. The maximum absolute atomic E-state index is 12.8. The van der Waals surface area contributed by atoms with Gasteiger partial charge in [0.1, 0.15) is 0 Å². The van der Waals surface area contributed by atoms with Gasteiger partial charge in [0.25, 0.3) is 6.10 Å². The first kappa shape index (κ1) is 27.9. The zero-order valence-corrected chi connectivity index (χ0v) is 21.3. The lowest BCUT2D eigenvalue weighted by Crippen LogP contribution is -2.50. The summed E-state index contributed by atoms with van der Waals surface area (Å²) in [5, 5.41) is 0. The van der Waals surface area contributed by atoms with Crippen molar-refractivity contribution in [1.82, 2.24) is 9.80 Å². The van der Waals surface area contributed by atoms with Crippen molar-refractivity contribution >= 4 is 11.8 Å². The number of benzene rings is 1. The number of alkyl halides is 6. The Balaban J connectivity index is 1.35. The molecule has 3 aliphatic rings. The predicted octanol–water partition coefficient (Wildman–Crippen LogP) is 6.15. The highest BCUT2D eigenvalue weighted by molar-refractivity contribution is 5.68. The number of anilines is 1. The lowest BCUT2D eigenvalue weighted by atomic mass is 9.78. The van der Waals surface area contributed by atoms with E-state index in [0.717, 1.165) is 44.0 Å². The number of hydrogen-bond donors (Lipinski definition) is 0. The van der Waals surface area contributed by atoms with Crippen LogP contribution < -0.4 is 4.90 Å². The summed E-state index contributed by atoms with van der Waals surface area (Å²) in [4.78, 5) is 18.0. The minimum absolute atomic E-state index is 0.0799. The van der Waals surface area contributed by atoms with E-state index in [9.17, 15) is 31.1 Å².